The third-order valence-corrected chi connectivity index (χ3v) is 3.28. The Labute approximate surface area is 124 Å². The maximum Gasteiger partial charge on any atom is 0.255 e. The largest absolute Gasteiger partial charge is 0.399 e. The van der Waals surface area contributed by atoms with Crippen molar-refractivity contribution in [2.45, 2.75) is 26.8 Å². The lowest BCUT2D eigenvalue weighted by Gasteiger charge is -2.19. The van der Waals surface area contributed by atoms with Crippen LogP contribution in [0.5, 0.6) is 0 Å². The van der Waals surface area contributed by atoms with E-state index in [2.05, 4.69) is 10.2 Å². The van der Waals surface area contributed by atoms with E-state index in [-0.39, 0.29) is 5.91 Å². The lowest BCUT2D eigenvalue weighted by atomic mass is 10.1. The van der Waals surface area contributed by atoms with E-state index in [9.17, 15) is 4.79 Å². The molecule has 21 heavy (non-hydrogen) atoms. The van der Waals surface area contributed by atoms with E-state index in [0.29, 0.717) is 24.2 Å². The van der Waals surface area contributed by atoms with E-state index in [4.69, 9.17) is 5.73 Å². The number of aryl methyl sites for hydroxylation is 2. The number of aromatic nitrogens is 2. The molecule has 2 rings (SSSR count). The molecule has 1 aromatic heterocycles. The van der Waals surface area contributed by atoms with Crippen molar-refractivity contribution in [3.05, 3.63) is 52.8 Å². The summed E-state index contributed by atoms with van der Waals surface area (Å²) in [5.41, 5.74) is 9.56. The number of rotatable bonds is 4. The van der Waals surface area contributed by atoms with Gasteiger partial charge in [0.2, 0.25) is 0 Å². The van der Waals surface area contributed by atoms with Gasteiger partial charge in [-0.25, -0.2) is 0 Å². The molecule has 0 aliphatic rings. The van der Waals surface area contributed by atoms with Gasteiger partial charge < -0.3 is 10.6 Å². The first-order valence-corrected chi connectivity index (χ1v) is 6.94. The molecule has 0 radical (unpaired) electrons. The molecule has 0 aliphatic carbocycles. The number of hydrogen-bond acceptors (Lipinski definition) is 4. The zero-order chi connectivity index (χ0) is 15.4. The molecule has 1 heterocycles. The van der Waals surface area contributed by atoms with Gasteiger partial charge in [0.15, 0.2) is 0 Å². The highest BCUT2D eigenvalue weighted by atomic mass is 16.2. The van der Waals surface area contributed by atoms with Crippen molar-refractivity contribution in [3.63, 3.8) is 0 Å². The topological polar surface area (TPSA) is 72.1 Å². The summed E-state index contributed by atoms with van der Waals surface area (Å²) in [6, 6.07) is 9.34. The fourth-order valence-electron chi connectivity index (χ4n) is 2.20. The van der Waals surface area contributed by atoms with Gasteiger partial charge in [0.05, 0.1) is 17.0 Å². The first-order valence-electron chi connectivity index (χ1n) is 6.94. The highest BCUT2D eigenvalue weighted by Gasteiger charge is 2.17. The number of nitrogens with zero attached hydrogens (tertiary/aromatic N) is 3. The van der Waals surface area contributed by atoms with Crippen molar-refractivity contribution in [1.82, 2.24) is 15.1 Å². The van der Waals surface area contributed by atoms with Crippen LogP contribution in [0.25, 0.3) is 0 Å². The second-order valence-electron chi connectivity index (χ2n) is 5.11. The van der Waals surface area contributed by atoms with Gasteiger partial charge in [-0.3, -0.25) is 4.79 Å². The highest BCUT2D eigenvalue weighted by Crippen LogP contribution is 2.14. The molecule has 1 aromatic carbocycles. The van der Waals surface area contributed by atoms with Crippen molar-refractivity contribution in [2.75, 3.05) is 12.8 Å². The predicted octanol–water partition coefficient (Wildman–Crippen LogP) is 2.20. The third-order valence-electron chi connectivity index (χ3n) is 3.28. The number of nitrogen functional groups attached to an aromatic ring is 1. The number of hydrogen-bond donors (Lipinski definition) is 1. The Morgan fingerprint density at radius 2 is 2.05 bits per heavy atom. The lowest BCUT2D eigenvalue weighted by molar-refractivity contribution is 0.0783. The number of amides is 1. The molecular formula is C16H20N4O. The Balaban J connectivity index is 2.21. The minimum Gasteiger partial charge on any atom is -0.399 e. The zero-order valence-electron chi connectivity index (χ0n) is 12.6. The van der Waals surface area contributed by atoms with Crippen molar-refractivity contribution < 1.29 is 4.79 Å². The maximum atomic E-state index is 12.6. The molecule has 2 N–H and O–H groups in total. The molecule has 1 amide bonds. The van der Waals surface area contributed by atoms with Crippen LogP contribution in [-0.2, 0) is 13.0 Å². The second-order valence-corrected chi connectivity index (χ2v) is 5.11. The number of carbonyl (C=O) groups excluding carboxylic acids is 1. The zero-order valence-corrected chi connectivity index (χ0v) is 12.6. The average molecular weight is 284 g/mol. The van der Waals surface area contributed by atoms with E-state index in [1.54, 1.807) is 18.0 Å². The first-order chi connectivity index (χ1) is 10.0. The van der Waals surface area contributed by atoms with Gasteiger partial charge in [0.25, 0.3) is 5.91 Å². The van der Waals surface area contributed by atoms with E-state index in [1.807, 2.05) is 38.1 Å². The molecule has 0 saturated heterocycles. The number of nitrogens with two attached hydrogens (primary N) is 1. The van der Waals surface area contributed by atoms with Crippen LogP contribution in [0.2, 0.25) is 0 Å². The van der Waals surface area contributed by atoms with Gasteiger partial charge in [-0.2, -0.15) is 10.2 Å². The molecular weight excluding hydrogens is 264 g/mol. The normalized spacial score (nSPS) is 10.4. The van der Waals surface area contributed by atoms with Crippen molar-refractivity contribution in [3.8, 4) is 0 Å². The summed E-state index contributed by atoms with van der Waals surface area (Å²) in [4.78, 5) is 14.3. The quantitative estimate of drug-likeness (QED) is 0.874. The molecule has 0 aliphatic heterocycles. The first kappa shape index (κ1) is 15.0. The van der Waals surface area contributed by atoms with Crippen molar-refractivity contribution in [2.24, 2.45) is 0 Å². The van der Waals surface area contributed by atoms with Crippen molar-refractivity contribution in [1.29, 1.82) is 0 Å². The van der Waals surface area contributed by atoms with E-state index >= 15 is 0 Å². The number of benzene rings is 1. The van der Waals surface area contributed by atoms with Crippen LogP contribution in [0.1, 0.15) is 34.2 Å². The molecule has 0 atom stereocenters. The summed E-state index contributed by atoms with van der Waals surface area (Å²) < 4.78 is 0. The van der Waals surface area contributed by atoms with E-state index in [1.165, 1.54) is 0 Å². The summed E-state index contributed by atoms with van der Waals surface area (Å²) >= 11 is 0. The fourth-order valence-corrected chi connectivity index (χ4v) is 2.20. The van der Waals surface area contributed by atoms with Gasteiger partial charge in [0.1, 0.15) is 0 Å². The van der Waals surface area contributed by atoms with Crippen LogP contribution in [0, 0.1) is 6.92 Å². The second kappa shape index (κ2) is 6.35. The molecule has 0 unspecified atom stereocenters. The van der Waals surface area contributed by atoms with Crippen LogP contribution < -0.4 is 5.73 Å². The van der Waals surface area contributed by atoms with E-state index < -0.39 is 0 Å². The third kappa shape index (κ3) is 3.56. The summed E-state index contributed by atoms with van der Waals surface area (Å²) in [6.45, 7) is 4.31. The average Bonchev–Trinajstić information content (AvgIpc) is 2.46. The summed E-state index contributed by atoms with van der Waals surface area (Å²) in [7, 11) is 1.78. The lowest BCUT2D eigenvalue weighted by Crippen LogP contribution is -2.27. The van der Waals surface area contributed by atoms with Gasteiger partial charge in [-0.1, -0.05) is 19.1 Å². The molecule has 110 valence electrons. The Morgan fingerprint density at radius 1 is 1.29 bits per heavy atom. The molecule has 2 aromatic rings. The summed E-state index contributed by atoms with van der Waals surface area (Å²) in [5.74, 6) is -0.0488. The Hall–Kier alpha value is -2.43. The molecule has 5 nitrogen and oxygen atoms in total. The Kier molecular flexibility index (Phi) is 4.52. The van der Waals surface area contributed by atoms with Crippen LogP contribution in [-0.4, -0.2) is 28.1 Å². The van der Waals surface area contributed by atoms with Crippen LogP contribution in [0.15, 0.2) is 30.3 Å². The monoisotopic (exact) mass is 284 g/mol. The maximum absolute atomic E-state index is 12.6. The molecule has 0 fully saturated rings. The van der Waals surface area contributed by atoms with Gasteiger partial charge >= 0.3 is 0 Å². The minimum atomic E-state index is -0.0488. The van der Waals surface area contributed by atoms with Crippen molar-refractivity contribution >= 4 is 11.6 Å². The molecule has 0 saturated carbocycles. The summed E-state index contributed by atoms with van der Waals surface area (Å²) in [5, 5.41) is 8.11. The molecule has 5 heteroatoms. The van der Waals surface area contributed by atoms with Gasteiger partial charge in [-0.15, -0.1) is 0 Å². The molecule has 0 spiro atoms. The molecule has 0 bridgehead atoms. The van der Waals surface area contributed by atoms with Crippen LogP contribution in [0.3, 0.4) is 0 Å². The predicted molar refractivity (Wildman–Crippen MR) is 82.8 cm³/mol. The standard InChI is InChI=1S/C16H20N4O/c1-4-15-14(8-11(2)18-19-15)16(21)20(3)10-12-6-5-7-13(17)9-12/h5-9H,4,10,17H2,1-3H3. The van der Waals surface area contributed by atoms with E-state index in [0.717, 1.165) is 17.0 Å². The summed E-state index contributed by atoms with van der Waals surface area (Å²) in [6.07, 6.45) is 0.681. The smallest absolute Gasteiger partial charge is 0.255 e. The Morgan fingerprint density at radius 3 is 2.71 bits per heavy atom. The van der Waals surface area contributed by atoms with Crippen LogP contribution >= 0.6 is 0 Å². The van der Waals surface area contributed by atoms with Crippen LogP contribution in [0.4, 0.5) is 5.69 Å². The minimum absolute atomic E-state index is 0.0488. The SMILES string of the molecule is CCc1nnc(C)cc1C(=O)N(C)Cc1cccc(N)c1. The fraction of sp³-hybridized carbons (Fsp3) is 0.312. The number of carbonyl (C=O) groups is 1. The number of anilines is 1. The Bertz CT molecular complexity index is 654. The van der Waals surface area contributed by atoms with Gasteiger partial charge in [-0.05, 0) is 37.1 Å². The van der Waals surface area contributed by atoms with Gasteiger partial charge in [0, 0.05) is 19.3 Å². The highest BCUT2D eigenvalue weighted by molar-refractivity contribution is 5.95.